The zero-order valence-corrected chi connectivity index (χ0v) is 10.9. The molecule has 0 aromatic carbocycles. The Bertz CT molecular complexity index is 242. The largest absolute Gasteiger partial charge is 0.368 e. The first kappa shape index (κ1) is 15.9. The summed E-state index contributed by atoms with van der Waals surface area (Å²) in [5, 5.41) is 2.68. The minimum atomic E-state index is -0.554. The fourth-order valence-electron chi connectivity index (χ4n) is 1.46. The Kier molecular flexibility index (Phi) is 8.40. The molecule has 0 saturated carbocycles. The van der Waals surface area contributed by atoms with Gasteiger partial charge in [-0.25, -0.2) is 0 Å². The molecule has 0 bridgehead atoms. The van der Waals surface area contributed by atoms with Crippen LogP contribution in [0.3, 0.4) is 0 Å². The van der Waals surface area contributed by atoms with Crippen LogP contribution in [-0.4, -0.2) is 24.4 Å². The number of unbranched alkanes of at least 4 members (excludes halogenated alkanes) is 1. The van der Waals surface area contributed by atoms with Gasteiger partial charge in [0, 0.05) is 6.42 Å². The Morgan fingerprint density at radius 1 is 1.18 bits per heavy atom. The third kappa shape index (κ3) is 8.68. The molecule has 0 fully saturated rings. The van der Waals surface area contributed by atoms with Gasteiger partial charge in [-0.2, -0.15) is 0 Å². The summed E-state index contributed by atoms with van der Waals surface area (Å²) in [6.45, 7) is 4.70. The van der Waals surface area contributed by atoms with Crippen molar-refractivity contribution >= 4 is 11.8 Å². The Balaban J connectivity index is 3.98. The van der Waals surface area contributed by atoms with Gasteiger partial charge in [-0.1, -0.05) is 13.8 Å². The van der Waals surface area contributed by atoms with E-state index in [0.29, 0.717) is 25.3 Å². The lowest BCUT2D eigenvalue weighted by atomic mass is 10.1. The SMILES string of the molecule is CC(C)CCC(=O)N[C@@H](CCCCN)C(N)=O. The third-order valence-corrected chi connectivity index (χ3v) is 2.57. The fourth-order valence-corrected chi connectivity index (χ4v) is 1.46. The first-order valence-corrected chi connectivity index (χ1v) is 6.26. The average molecular weight is 243 g/mol. The smallest absolute Gasteiger partial charge is 0.239 e. The van der Waals surface area contributed by atoms with Crippen molar-refractivity contribution in [2.75, 3.05) is 6.54 Å². The zero-order valence-electron chi connectivity index (χ0n) is 10.9. The first-order chi connectivity index (χ1) is 7.97. The van der Waals surface area contributed by atoms with E-state index in [1.807, 2.05) is 0 Å². The van der Waals surface area contributed by atoms with Crippen molar-refractivity contribution in [3.63, 3.8) is 0 Å². The summed E-state index contributed by atoms with van der Waals surface area (Å²) in [4.78, 5) is 22.7. The molecule has 0 rings (SSSR count). The lowest BCUT2D eigenvalue weighted by Gasteiger charge is -2.15. The fraction of sp³-hybridized carbons (Fsp3) is 0.833. The second-order valence-electron chi connectivity index (χ2n) is 4.74. The minimum Gasteiger partial charge on any atom is -0.368 e. The number of nitrogens with one attached hydrogen (secondary N) is 1. The highest BCUT2D eigenvalue weighted by molar-refractivity contribution is 5.86. The molecule has 0 saturated heterocycles. The molecule has 17 heavy (non-hydrogen) atoms. The highest BCUT2D eigenvalue weighted by atomic mass is 16.2. The van der Waals surface area contributed by atoms with E-state index < -0.39 is 11.9 Å². The molecule has 0 aromatic heterocycles. The second-order valence-corrected chi connectivity index (χ2v) is 4.74. The molecule has 0 aromatic rings. The molecule has 0 unspecified atom stereocenters. The van der Waals surface area contributed by atoms with Crippen LogP contribution in [0.1, 0.15) is 46.0 Å². The van der Waals surface area contributed by atoms with Crippen LogP contribution >= 0.6 is 0 Å². The van der Waals surface area contributed by atoms with Crippen LogP contribution in [0.5, 0.6) is 0 Å². The lowest BCUT2D eigenvalue weighted by Crippen LogP contribution is -2.44. The van der Waals surface area contributed by atoms with Crippen molar-refractivity contribution in [2.24, 2.45) is 17.4 Å². The number of rotatable bonds is 9. The zero-order chi connectivity index (χ0) is 13.3. The maximum absolute atomic E-state index is 11.6. The predicted molar refractivity (Wildman–Crippen MR) is 68.1 cm³/mol. The molecule has 0 radical (unpaired) electrons. The van der Waals surface area contributed by atoms with Gasteiger partial charge in [-0.3, -0.25) is 9.59 Å². The maximum Gasteiger partial charge on any atom is 0.239 e. The molecule has 1 atom stereocenters. The summed E-state index contributed by atoms with van der Waals surface area (Å²) < 4.78 is 0. The Morgan fingerprint density at radius 2 is 1.82 bits per heavy atom. The molecule has 0 spiro atoms. The highest BCUT2D eigenvalue weighted by Crippen LogP contribution is 2.05. The van der Waals surface area contributed by atoms with Crippen molar-refractivity contribution in [1.29, 1.82) is 0 Å². The first-order valence-electron chi connectivity index (χ1n) is 6.26. The van der Waals surface area contributed by atoms with Crippen molar-refractivity contribution in [3.8, 4) is 0 Å². The topological polar surface area (TPSA) is 98.2 Å². The standard InChI is InChI=1S/C12H25N3O2/c1-9(2)6-7-11(16)15-10(12(14)17)5-3-4-8-13/h9-10H,3-8,13H2,1-2H3,(H2,14,17)(H,15,16)/t10-/m0/s1. The molecule has 100 valence electrons. The Hall–Kier alpha value is -1.10. The van der Waals surface area contributed by atoms with Gasteiger partial charge < -0.3 is 16.8 Å². The van der Waals surface area contributed by atoms with E-state index in [1.165, 1.54) is 0 Å². The van der Waals surface area contributed by atoms with E-state index in [-0.39, 0.29) is 5.91 Å². The normalized spacial score (nSPS) is 12.5. The molecule has 2 amide bonds. The molecule has 0 aliphatic carbocycles. The van der Waals surface area contributed by atoms with Gasteiger partial charge >= 0.3 is 0 Å². The number of carbonyl (C=O) groups is 2. The van der Waals surface area contributed by atoms with E-state index in [1.54, 1.807) is 0 Å². The second kappa shape index (κ2) is 8.98. The highest BCUT2D eigenvalue weighted by Gasteiger charge is 2.17. The molecular formula is C12H25N3O2. The molecular weight excluding hydrogens is 218 g/mol. The Morgan fingerprint density at radius 3 is 2.29 bits per heavy atom. The molecule has 5 N–H and O–H groups in total. The van der Waals surface area contributed by atoms with Crippen LogP contribution in [0.2, 0.25) is 0 Å². The number of hydrogen-bond acceptors (Lipinski definition) is 3. The van der Waals surface area contributed by atoms with Gasteiger partial charge in [0.15, 0.2) is 0 Å². The summed E-state index contributed by atoms with van der Waals surface area (Å²) in [5.74, 6) is -0.0971. The maximum atomic E-state index is 11.6. The number of carbonyl (C=O) groups excluding carboxylic acids is 2. The summed E-state index contributed by atoms with van der Waals surface area (Å²) in [7, 11) is 0. The summed E-state index contributed by atoms with van der Waals surface area (Å²) in [6, 6.07) is -0.554. The number of hydrogen-bond donors (Lipinski definition) is 3. The quantitative estimate of drug-likeness (QED) is 0.515. The van der Waals surface area contributed by atoms with E-state index in [9.17, 15) is 9.59 Å². The lowest BCUT2D eigenvalue weighted by molar-refractivity contribution is -0.127. The Labute approximate surface area is 103 Å². The van der Waals surface area contributed by atoms with Crippen LogP contribution in [0.15, 0.2) is 0 Å². The van der Waals surface area contributed by atoms with Crippen LogP contribution in [-0.2, 0) is 9.59 Å². The van der Waals surface area contributed by atoms with E-state index in [0.717, 1.165) is 19.3 Å². The van der Waals surface area contributed by atoms with Crippen molar-refractivity contribution in [1.82, 2.24) is 5.32 Å². The molecule has 5 heteroatoms. The predicted octanol–water partition coefficient (Wildman–Crippen LogP) is 0.522. The number of primary amides is 1. The van der Waals surface area contributed by atoms with Gasteiger partial charge in [0.2, 0.25) is 11.8 Å². The van der Waals surface area contributed by atoms with Crippen molar-refractivity contribution < 1.29 is 9.59 Å². The average Bonchev–Trinajstić information content (AvgIpc) is 2.25. The number of nitrogens with two attached hydrogens (primary N) is 2. The van der Waals surface area contributed by atoms with E-state index in [2.05, 4.69) is 19.2 Å². The van der Waals surface area contributed by atoms with Crippen LogP contribution in [0, 0.1) is 5.92 Å². The van der Waals surface area contributed by atoms with Gasteiger partial charge in [-0.15, -0.1) is 0 Å². The molecule has 5 nitrogen and oxygen atoms in total. The van der Waals surface area contributed by atoms with Crippen molar-refractivity contribution in [2.45, 2.75) is 52.0 Å². The molecule has 0 aliphatic heterocycles. The minimum absolute atomic E-state index is 0.102. The van der Waals surface area contributed by atoms with Crippen molar-refractivity contribution in [3.05, 3.63) is 0 Å². The summed E-state index contributed by atoms with van der Waals surface area (Å²) in [5.41, 5.74) is 10.6. The van der Waals surface area contributed by atoms with E-state index >= 15 is 0 Å². The van der Waals surface area contributed by atoms with Gasteiger partial charge in [0.1, 0.15) is 6.04 Å². The van der Waals surface area contributed by atoms with Gasteiger partial charge in [0.25, 0.3) is 0 Å². The third-order valence-electron chi connectivity index (χ3n) is 2.57. The van der Waals surface area contributed by atoms with Crippen LogP contribution in [0.4, 0.5) is 0 Å². The van der Waals surface area contributed by atoms with E-state index in [4.69, 9.17) is 11.5 Å². The van der Waals surface area contributed by atoms with Gasteiger partial charge in [-0.05, 0) is 38.1 Å². The monoisotopic (exact) mass is 243 g/mol. The number of amides is 2. The molecule has 0 aliphatic rings. The van der Waals surface area contributed by atoms with Gasteiger partial charge in [0.05, 0.1) is 0 Å². The summed E-state index contributed by atoms with van der Waals surface area (Å²) >= 11 is 0. The molecule has 0 heterocycles. The van der Waals surface area contributed by atoms with Crippen LogP contribution < -0.4 is 16.8 Å². The van der Waals surface area contributed by atoms with Crippen LogP contribution in [0.25, 0.3) is 0 Å². The summed E-state index contributed by atoms with van der Waals surface area (Å²) in [6.07, 6.45) is 3.47.